The van der Waals surface area contributed by atoms with Crippen molar-refractivity contribution in [2.45, 2.75) is 32.7 Å². The molecule has 1 aliphatic carbocycles. The molecule has 108 valence electrons. The number of aromatic nitrogens is 2. The molecule has 1 heterocycles. The lowest BCUT2D eigenvalue weighted by Crippen LogP contribution is -2.12. The van der Waals surface area contributed by atoms with Gasteiger partial charge in [0.05, 0.1) is 18.1 Å². The maximum absolute atomic E-state index is 5.93. The summed E-state index contributed by atoms with van der Waals surface area (Å²) in [4.78, 5) is 4.74. The number of hydrogen-bond acceptors (Lipinski definition) is 2. The fourth-order valence-corrected chi connectivity index (χ4v) is 3.04. The molecule has 1 fully saturated rings. The van der Waals surface area contributed by atoms with Crippen molar-refractivity contribution in [1.82, 2.24) is 9.55 Å². The van der Waals surface area contributed by atoms with Gasteiger partial charge in [0.1, 0.15) is 11.6 Å². The molecule has 1 aromatic heterocycles. The van der Waals surface area contributed by atoms with Crippen LogP contribution in [0.1, 0.15) is 25.6 Å². The summed E-state index contributed by atoms with van der Waals surface area (Å²) < 4.78 is 7.63. The SMILES string of the molecule is COc1ccc2c(c1)nc(CCCl)n2CC(C)C1CC1. The Hall–Kier alpha value is -1.22. The van der Waals surface area contributed by atoms with Gasteiger partial charge in [-0.05, 0) is 36.8 Å². The summed E-state index contributed by atoms with van der Waals surface area (Å²) >= 11 is 5.93. The quantitative estimate of drug-likeness (QED) is 0.756. The zero-order valence-electron chi connectivity index (χ0n) is 12.1. The van der Waals surface area contributed by atoms with E-state index >= 15 is 0 Å². The average molecular weight is 293 g/mol. The maximum atomic E-state index is 5.93. The molecule has 1 atom stereocenters. The molecule has 20 heavy (non-hydrogen) atoms. The van der Waals surface area contributed by atoms with Crippen LogP contribution in [-0.2, 0) is 13.0 Å². The minimum atomic E-state index is 0.609. The van der Waals surface area contributed by atoms with E-state index in [1.54, 1.807) is 7.11 Å². The Morgan fingerprint density at radius 1 is 1.45 bits per heavy atom. The molecule has 3 nitrogen and oxygen atoms in total. The van der Waals surface area contributed by atoms with E-state index in [0.29, 0.717) is 11.8 Å². The van der Waals surface area contributed by atoms with E-state index in [2.05, 4.69) is 17.6 Å². The van der Waals surface area contributed by atoms with Crippen molar-refractivity contribution in [3.05, 3.63) is 24.0 Å². The largest absolute Gasteiger partial charge is 0.497 e. The Labute approximate surface area is 124 Å². The number of ether oxygens (including phenoxy) is 1. The summed E-state index contributed by atoms with van der Waals surface area (Å²) in [6.07, 6.45) is 3.58. The number of halogens is 1. The lowest BCUT2D eigenvalue weighted by atomic mass is 10.1. The van der Waals surface area contributed by atoms with Gasteiger partial charge in [0.2, 0.25) is 0 Å². The fourth-order valence-electron chi connectivity index (χ4n) is 2.87. The normalized spacial score (nSPS) is 16.6. The number of fused-ring (bicyclic) bond motifs is 1. The molecular weight excluding hydrogens is 272 g/mol. The molecule has 1 unspecified atom stereocenters. The molecular formula is C16H21ClN2O. The van der Waals surface area contributed by atoms with Crippen LogP contribution >= 0.6 is 11.6 Å². The molecule has 1 aliphatic rings. The number of aryl methyl sites for hydroxylation is 1. The standard InChI is InChI=1S/C16H21ClN2O/c1-11(12-3-4-12)10-19-15-6-5-13(20-2)9-14(15)18-16(19)7-8-17/h5-6,9,11-12H,3-4,7-8,10H2,1-2H3. The molecule has 0 bridgehead atoms. The molecule has 0 amide bonds. The minimum Gasteiger partial charge on any atom is -0.497 e. The summed E-state index contributed by atoms with van der Waals surface area (Å²) in [5, 5.41) is 0. The van der Waals surface area contributed by atoms with Crippen LogP contribution in [-0.4, -0.2) is 22.5 Å². The van der Waals surface area contributed by atoms with Gasteiger partial charge in [0.25, 0.3) is 0 Å². The van der Waals surface area contributed by atoms with E-state index in [9.17, 15) is 0 Å². The summed E-state index contributed by atoms with van der Waals surface area (Å²) in [5.41, 5.74) is 2.20. The van der Waals surface area contributed by atoms with Crippen LogP contribution < -0.4 is 4.74 Å². The van der Waals surface area contributed by atoms with Crippen molar-refractivity contribution in [3.8, 4) is 5.75 Å². The van der Waals surface area contributed by atoms with E-state index < -0.39 is 0 Å². The van der Waals surface area contributed by atoms with E-state index in [4.69, 9.17) is 21.3 Å². The molecule has 0 saturated heterocycles. The Kier molecular flexibility index (Phi) is 3.88. The third kappa shape index (κ3) is 2.64. The van der Waals surface area contributed by atoms with Crippen molar-refractivity contribution >= 4 is 22.6 Å². The topological polar surface area (TPSA) is 27.1 Å². The van der Waals surface area contributed by atoms with Crippen molar-refractivity contribution in [2.75, 3.05) is 13.0 Å². The lowest BCUT2D eigenvalue weighted by molar-refractivity contribution is 0.415. The zero-order chi connectivity index (χ0) is 14.1. The van der Waals surface area contributed by atoms with Gasteiger partial charge in [0, 0.05) is 24.9 Å². The molecule has 4 heteroatoms. The third-order valence-corrected chi connectivity index (χ3v) is 4.44. The number of benzene rings is 1. The summed E-state index contributed by atoms with van der Waals surface area (Å²) in [7, 11) is 1.69. The summed E-state index contributed by atoms with van der Waals surface area (Å²) in [5.74, 6) is 4.17. The number of imidazole rings is 1. The van der Waals surface area contributed by atoms with Crippen LogP contribution in [0.4, 0.5) is 0 Å². The summed E-state index contributed by atoms with van der Waals surface area (Å²) in [6.45, 7) is 3.39. The highest BCUT2D eigenvalue weighted by molar-refractivity contribution is 6.17. The Morgan fingerprint density at radius 2 is 2.25 bits per heavy atom. The first kappa shape index (κ1) is 13.7. The highest BCUT2D eigenvalue weighted by Gasteiger charge is 2.28. The van der Waals surface area contributed by atoms with Crippen LogP contribution in [0.5, 0.6) is 5.75 Å². The molecule has 0 aliphatic heterocycles. The van der Waals surface area contributed by atoms with Gasteiger partial charge in [-0.15, -0.1) is 11.6 Å². The van der Waals surface area contributed by atoms with Crippen LogP contribution in [0, 0.1) is 11.8 Å². The van der Waals surface area contributed by atoms with Gasteiger partial charge in [-0.1, -0.05) is 6.92 Å². The molecule has 0 radical (unpaired) electrons. The number of alkyl halides is 1. The number of methoxy groups -OCH3 is 1. The van der Waals surface area contributed by atoms with Crippen molar-refractivity contribution in [2.24, 2.45) is 11.8 Å². The van der Waals surface area contributed by atoms with Gasteiger partial charge in [0.15, 0.2) is 0 Å². The first-order chi connectivity index (χ1) is 9.72. The molecule has 3 rings (SSSR count). The molecule has 1 saturated carbocycles. The number of nitrogens with zero attached hydrogens (tertiary/aromatic N) is 2. The molecule has 0 N–H and O–H groups in total. The van der Waals surface area contributed by atoms with Crippen molar-refractivity contribution < 1.29 is 4.74 Å². The van der Waals surface area contributed by atoms with Crippen LogP contribution in [0.25, 0.3) is 11.0 Å². The average Bonchev–Trinajstić information content (AvgIpc) is 3.25. The van der Waals surface area contributed by atoms with Crippen LogP contribution in [0.2, 0.25) is 0 Å². The minimum absolute atomic E-state index is 0.609. The van der Waals surface area contributed by atoms with Crippen LogP contribution in [0.15, 0.2) is 18.2 Å². The smallest absolute Gasteiger partial charge is 0.121 e. The molecule has 0 spiro atoms. The predicted molar refractivity (Wildman–Crippen MR) is 82.6 cm³/mol. The molecule has 1 aromatic carbocycles. The third-order valence-electron chi connectivity index (χ3n) is 4.25. The maximum Gasteiger partial charge on any atom is 0.121 e. The second kappa shape index (κ2) is 5.65. The Bertz CT molecular complexity index is 604. The first-order valence-corrected chi connectivity index (χ1v) is 7.85. The lowest BCUT2D eigenvalue weighted by Gasteiger charge is -2.14. The Balaban J connectivity index is 1.98. The van der Waals surface area contributed by atoms with E-state index in [-0.39, 0.29) is 0 Å². The summed E-state index contributed by atoms with van der Waals surface area (Å²) in [6, 6.07) is 6.12. The monoisotopic (exact) mass is 292 g/mol. The Morgan fingerprint density at radius 3 is 2.90 bits per heavy atom. The van der Waals surface area contributed by atoms with E-state index in [0.717, 1.165) is 36.0 Å². The van der Waals surface area contributed by atoms with Crippen molar-refractivity contribution in [3.63, 3.8) is 0 Å². The molecule has 2 aromatic rings. The van der Waals surface area contributed by atoms with Gasteiger partial charge < -0.3 is 9.30 Å². The van der Waals surface area contributed by atoms with E-state index in [1.807, 2.05) is 12.1 Å². The van der Waals surface area contributed by atoms with Gasteiger partial charge in [-0.25, -0.2) is 4.98 Å². The predicted octanol–water partition coefficient (Wildman–Crippen LogP) is 3.87. The van der Waals surface area contributed by atoms with Crippen molar-refractivity contribution in [1.29, 1.82) is 0 Å². The van der Waals surface area contributed by atoms with Crippen LogP contribution in [0.3, 0.4) is 0 Å². The zero-order valence-corrected chi connectivity index (χ0v) is 12.9. The first-order valence-electron chi connectivity index (χ1n) is 7.32. The fraction of sp³-hybridized carbons (Fsp3) is 0.562. The van der Waals surface area contributed by atoms with Gasteiger partial charge >= 0.3 is 0 Å². The second-order valence-electron chi connectivity index (χ2n) is 5.75. The second-order valence-corrected chi connectivity index (χ2v) is 6.12. The number of rotatable bonds is 6. The highest BCUT2D eigenvalue weighted by atomic mass is 35.5. The number of hydrogen-bond donors (Lipinski definition) is 0. The van der Waals surface area contributed by atoms with E-state index in [1.165, 1.54) is 18.4 Å². The van der Waals surface area contributed by atoms with Gasteiger partial charge in [-0.3, -0.25) is 0 Å². The van der Waals surface area contributed by atoms with Gasteiger partial charge in [-0.2, -0.15) is 0 Å². The highest BCUT2D eigenvalue weighted by Crippen LogP contribution is 2.38.